The minimum Gasteiger partial charge on any atom is -0.393 e. The zero-order valence-electron chi connectivity index (χ0n) is 8.78. The van der Waals surface area contributed by atoms with Crippen molar-refractivity contribution >= 4 is 23.0 Å². The Morgan fingerprint density at radius 3 is 2.93 bits per heavy atom. The van der Waals surface area contributed by atoms with E-state index in [1.54, 1.807) is 6.92 Å². The van der Waals surface area contributed by atoms with Crippen molar-refractivity contribution in [1.82, 2.24) is 9.97 Å². The molecule has 0 saturated carbocycles. The number of aromatic amines is 1. The van der Waals surface area contributed by atoms with Crippen LogP contribution in [0.3, 0.4) is 0 Å². The first kappa shape index (κ1) is 11.6. The lowest BCUT2D eigenvalue weighted by atomic mass is 10.4. The molecule has 0 atom stereocenters. The van der Waals surface area contributed by atoms with Gasteiger partial charge in [-0.25, -0.2) is 4.98 Å². The Morgan fingerprint density at radius 1 is 1.73 bits per heavy atom. The summed E-state index contributed by atoms with van der Waals surface area (Å²) in [5.74, 6) is 1.23. The van der Waals surface area contributed by atoms with E-state index < -0.39 is 0 Å². The highest BCUT2D eigenvalue weighted by Gasteiger charge is 2.04. The van der Waals surface area contributed by atoms with Crippen LogP contribution in [-0.4, -0.2) is 28.5 Å². The van der Waals surface area contributed by atoms with E-state index in [-0.39, 0.29) is 5.56 Å². The number of rotatable bonds is 4. The van der Waals surface area contributed by atoms with Gasteiger partial charge >= 0.3 is 0 Å². The van der Waals surface area contributed by atoms with Crippen LogP contribution < -0.4 is 16.2 Å². The fourth-order valence-electron chi connectivity index (χ4n) is 1.15. The molecule has 0 aromatic carbocycles. The average Bonchev–Trinajstić information content (AvgIpc) is 2.12. The lowest BCUT2D eigenvalue weighted by molar-refractivity contribution is 0.875. The van der Waals surface area contributed by atoms with Crippen molar-refractivity contribution in [1.29, 1.82) is 0 Å². The Labute approximate surface area is 93.3 Å². The van der Waals surface area contributed by atoms with Crippen molar-refractivity contribution in [2.75, 3.05) is 18.5 Å². The molecule has 82 valence electrons. The van der Waals surface area contributed by atoms with Crippen LogP contribution in [0.25, 0.3) is 0 Å². The zero-order chi connectivity index (χ0) is 11.4. The second-order valence-corrected chi connectivity index (χ2v) is 3.85. The maximum atomic E-state index is 11.2. The van der Waals surface area contributed by atoms with Gasteiger partial charge in [0, 0.05) is 26.1 Å². The van der Waals surface area contributed by atoms with E-state index in [9.17, 15) is 4.79 Å². The molecular formula is C9H14N4OS. The monoisotopic (exact) mass is 226 g/mol. The molecule has 1 heterocycles. The highest BCUT2D eigenvalue weighted by molar-refractivity contribution is 7.80. The minimum absolute atomic E-state index is 0.153. The summed E-state index contributed by atoms with van der Waals surface area (Å²) in [5.41, 5.74) is 5.24. The zero-order valence-corrected chi connectivity index (χ0v) is 9.60. The van der Waals surface area contributed by atoms with Crippen molar-refractivity contribution < 1.29 is 0 Å². The first-order valence-corrected chi connectivity index (χ1v) is 4.97. The van der Waals surface area contributed by atoms with Crippen molar-refractivity contribution in [3.8, 4) is 0 Å². The molecular weight excluding hydrogens is 212 g/mol. The molecule has 1 aromatic rings. The molecule has 3 N–H and O–H groups in total. The van der Waals surface area contributed by atoms with Gasteiger partial charge in [-0.05, 0) is 6.92 Å². The van der Waals surface area contributed by atoms with Gasteiger partial charge in [-0.3, -0.25) is 4.79 Å². The van der Waals surface area contributed by atoms with Gasteiger partial charge in [0.2, 0.25) is 0 Å². The van der Waals surface area contributed by atoms with E-state index in [0.29, 0.717) is 29.6 Å². The van der Waals surface area contributed by atoms with Crippen molar-refractivity contribution in [2.45, 2.75) is 13.3 Å². The van der Waals surface area contributed by atoms with Crippen molar-refractivity contribution in [3.05, 3.63) is 22.2 Å². The Kier molecular flexibility index (Phi) is 3.79. The Morgan fingerprint density at radius 2 is 2.40 bits per heavy atom. The summed E-state index contributed by atoms with van der Waals surface area (Å²) in [6, 6.07) is 1.45. The normalized spacial score (nSPS) is 10.0. The molecule has 1 rings (SSSR count). The van der Waals surface area contributed by atoms with Crippen LogP contribution in [0.2, 0.25) is 0 Å². The van der Waals surface area contributed by atoms with E-state index in [2.05, 4.69) is 9.97 Å². The Hall–Kier alpha value is -1.43. The number of aromatic nitrogens is 2. The van der Waals surface area contributed by atoms with Crippen LogP contribution in [0.4, 0.5) is 5.82 Å². The number of thiocarbonyl (C=S) groups is 1. The van der Waals surface area contributed by atoms with Crippen LogP contribution in [-0.2, 0) is 0 Å². The predicted octanol–water partition coefficient (Wildman–Crippen LogP) is 0.191. The third-order valence-electron chi connectivity index (χ3n) is 1.93. The number of nitrogens with two attached hydrogens (primary N) is 1. The molecule has 0 spiro atoms. The van der Waals surface area contributed by atoms with Gasteiger partial charge in [-0.15, -0.1) is 0 Å². The topological polar surface area (TPSA) is 75.0 Å². The van der Waals surface area contributed by atoms with E-state index in [1.807, 2.05) is 11.9 Å². The molecule has 1 aromatic heterocycles. The average molecular weight is 226 g/mol. The van der Waals surface area contributed by atoms with Crippen molar-refractivity contribution in [3.63, 3.8) is 0 Å². The second-order valence-electron chi connectivity index (χ2n) is 3.33. The van der Waals surface area contributed by atoms with Gasteiger partial charge in [0.1, 0.15) is 11.6 Å². The summed E-state index contributed by atoms with van der Waals surface area (Å²) in [4.78, 5) is 20.3. The molecule has 6 heteroatoms. The number of nitrogens with zero attached hydrogens (tertiary/aromatic N) is 2. The standard InChI is InChI=1S/C9H14N4OS/c1-6-11-8(5-9(14)12-6)13(2)4-3-7(10)15/h5H,3-4H2,1-2H3,(H2,10,15)(H,11,12,14). The molecule has 0 aliphatic rings. The van der Waals surface area contributed by atoms with Gasteiger partial charge < -0.3 is 15.6 Å². The lowest BCUT2D eigenvalue weighted by Gasteiger charge is -2.17. The van der Waals surface area contributed by atoms with Gasteiger partial charge in [-0.2, -0.15) is 0 Å². The molecule has 0 aliphatic carbocycles. The SMILES string of the molecule is Cc1nc(N(C)CCC(N)=S)cc(=O)[nH]1. The largest absolute Gasteiger partial charge is 0.393 e. The van der Waals surface area contributed by atoms with E-state index in [4.69, 9.17) is 18.0 Å². The van der Waals surface area contributed by atoms with Crippen molar-refractivity contribution in [2.24, 2.45) is 5.73 Å². The molecule has 0 bridgehead atoms. The molecule has 0 saturated heterocycles. The Bertz CT molecular complexity index is 415. The third kappa shape index (κ3) is 3.67. The lowest BCUT2D eigenvalue weighted by Crippen LogP contribution is -2.25. The summed E-state index contributed by atoms with van der Waals surface area (Å²) in [5, 5.41) is 0. The van der Waals surface area contributed by atoms with Crippen LogP contribution >= 0.6 is 12.2 Å². The van der Waals surface area contributed by atoms with Crippen LogP contribution in [0, 0.1) is 6.92 Å². The predicted molar refractivity (Wildman–Crippen MR) is 64.3 cm³/mol. The molecule has 0 radical (unpaired) electrons. The number of hydrogen-bond donors (Lipinski definition) is 2. The van der Waals surface area contributed by atoms with Gasteiger partial charge in [0.15, 0.2) is 0 Å². The molecule has 0 amide bonds. The summed E-state index contributed by atoms with van der Waals surface area (Å²) in [6.45, 7) is 2.40. The van der Waals surface area contributed by atoms with Crippen LogP contribution in [0.1, 0.15) is 12.2 Å². The molecule has 15 heavy (non-hydrogen) atoms. The fraction of sp³-hybridized carbons (Fsp3) is 0.444. The third-order valence-corrected chi connectivity index (χ3v) is 2.14. The highest BCUT2D eigenvalue weighted by Crippen LogP contribution is 2.05. The van der Waals surface area contributed by atoms with E-state index in [0.717, 1.165) is 0 Å². The summed E-state index contributed by atoms with van der Waals surface area (Å²) in [6.07, 6.45) is 0.610. The van der Waals surface area contributed by atoms with Gasteiger partial charge in [-0.1, -0.05) is 12.2 Å². The summed E-state index contributed by atoms with van der Waals surface area (Å²) in [7, 11) is 1.85. The maximum absolute atomic E-state index is 11.2. The van der Waals surface area contributed by atoms with E-state index >= 15 is 0 Å². The first-order chi connectivity index (χ1) is 6.99. The number of H-pyrrole nitrogens is 1. The summed E-state index contributed by atoms with van der Waals surface area (Å²) >= 11 is 4.78. The minimum atomic E-state index is -0.153. The molecule has 5 nitrogen and oxygen atoms in total. The number of anilines is 1. The number of aryl methyl sites for hydroxylation is 1. The summed E-state index contributed by atoms with van der Waals surface area (Å²) < 4.78 is 0. The highest BCUT2D eigenvalue weighted by atomic mass is 32.1. The fourth-order valence-corrected chi connectivity index (χ4v) is 1.24. The van der Waals surface area contributed by atoms with Crippen LogP contribution in [0.15, 0.2) is 10.9 Å². The van der Waals surface area contributed by atoms with Crippen LogP contribution in [0.5, 0.6) is 0 Å². The van der Waals surface area contributed by atoms with E-state index in [1.165, 1.54) is 6.07 Å². The second kappa shape index (κ2) is 4.88. The number of nitrogens with one attached hydrogen (secondary N) is 1. The van der Waals surface area contributed by atoms with Gasteiger partial charge in [0.05, 0.1) is 4.99 Å². The smallest absolute Gasteiger partial charge is 0.252 e. The quantitative estimate of drug-likeness (QED) is 0.717. The maximum Gasteiger partial charge on any atom is 0.252 e. The van der Waals surface area contributed by atoms with Gasteiger partial charge in [0.25, 0.3) is 5.56 Å². The molecule has 0 aliphatic heterocycles. The Balaban J connectivity index is 2.77. The first-order valence-electron chi connectivity index (χ1n) is 4.56. The molecule has 0 unspecified atom stereocenters. The molecule has 0 fully saturated rings. The number of hydrogen-bond acceptors (Lipinski definition) is 4.